The smallest absolute Gasteiger partial charge is 0.232 e. The molecule has 1 aliphatic heterocycles. The van der Waals surface area contributed by atoms with E-state index in [1.54, 1.807) is 4.90 Å². The zero-order valence-corrected chi connectivity index (χ0v) is 8.79. The van der Waals surface area contributed by atoms with Crippen molar-refractivity contribution < 1.29 is 4.79 Å². The molecule has 0 bridgehead atoms. The van der Waals surface area contributed by atoms with Crippen molar-refractivity contribution in [1.82, 2.24) is 0 Å². The van der Waals surface area contributed by atoms with Crippen molar-refractivity contribution in [3.63, 3.8) is 0 Å². The van der Waals surface area contributed by atoms with Gasteiger partial charge in [-0.05, 0) is 23.6 Å². The van der Waals surface area contributed by atoms with Crippen LogP contribution in [0.15, 0.2) is 18.2 Å². The quantitative estimate of drug-likeness (QED) is 0.665. The highest BCUT2D eigenvalue weighted by Crippen LogP contribution is 2.29. The summed E-state index contributed by atoms with van der Waals surface area (Å²) in [6.07, 6.45) is 6.73. The van der Waals surface area contributed by atoms with E-state index >= 15 is 0 Å². The van der Waals surface area contributed by atoms with Crippen LogP contribution in [0, 0.1) is 12.3 Å². The summed E-state index contributed by atoms with van der Waals surface area (Å²) in [5.74, 6) is 2.62. The largest absolute Gasteiger partial charge is 0.300 e. The average Bonchev–Trinajstić information content (AvgIpc) is 2.55. The second kappa shape index (κ2) is 3.78. The predicted octanol–water partition coefficient (Wildman–Crippen LogP) is 1.77. The SMILES string of the molecule is C#CCN1C(=O)Cc2cc(CC)ccc21. The number of hydrogen-bond acceptors (Lipinski definition) is 1. The maximum Gasteiger partial charge on any atom is 0.232 e. The van der Waals surface area contributed by atoms with E-state index in [1.807, 2.05) is 6.07 Å². The molecular formula is C13H13NO. The molecule has 1 amide bonds. The van der Waals surface area contributed by atoms with Crippen molar-refractivity contribution in [3.8, 4) is 12.3 Å². The number of aryl methyl sites for hydroxylation is 1. The Morgan fingerprint density at radius 2 is 2.33 bits per heavy atom. The Bertz CT molecular complexity index is 442. The Kier molecular flexibility index (Phi) is 2.47. The summed E-state index contributed by atoms with van der Waals surface area (Å²) in [6.45, 7) is 2.48. The third kappa shape index (κ3) is 1.61. The van der Waals surface area contributed by atoms with Crippen LogP contribution in [0.4, 0.5) is 5.69 Å². The van der Waals surface area contributed by atoms with E-state index in [9.17, 15) is 4.79 Å². The molecule has 1 heterocycles. The zero-order valence-electron chi connectivity index (χ0n) is 8.79. The monoisotopic (exact) mass is 199 g/mol. The molecule has 0 saturated heterocycles. The highest BCUT2D eigenvalue weighted by molar-refractivity contribution is 6.01. The van der Waals surface area contributed by atoms with Gasteiger partial charge in [-0.2, -0.15) is 0 Å². The average molecular weight is 199 g/mol. The van der Waals surface area contributed by atoms with Gasteiger partial charge in [0.2, 0.25) is 5.91 Å². The van der Waals surface area contributed by atoms with Crippen molar-refractivity contribution in [1.29, 1.82) is 0 Å². The van der Waals surface area contributed by atoms with Crippen LogP contribution in [-0.2, 0) is 17.6 Å². The maximum absolute atomic E-state index is 11.7. The van der Waals surface area contributed by atoms with E-state index in [-0.39, 0.29) is 5.91 Å². The number of anilines is 1. The van der Waals surface area contributed by atoms with Gasteiger partial charge in [-0.1, -0.05) is 25.0 Å². The molecule has 2 heteroatoms. The van der Waals surface area contributed by atoms with Gasteiger partial charge in [0.1, 0.15) is 0 Å². The summed E-state index contributed by atoms with van der Waals surface area (Å²) < 4.78 is 0. The summed E-state index contributed by atoms with van der Waals surface area (Å²) in [6, 6.07) is 6.15. The third-order valence-electron chi connectivity index (χ3n) is 2.74. The van der Waals surface area contributed by atoms with E-state index < -0.39 is 0 Å². The van der Waals surface area contributed by atoms with Crippen LogP contribution in [-0.4, -0.2) is 12.5 Å². The molecule has 0 atom stereocenters. The molecule has 2 rings (SSSR count). The van der Waals surface area contributed by atoms with Crippen molar-refractivity contribution in [2.75, 3.05) is 11.4 Å². The lowest BCUT2D eigenvalue weighted by Crippen LogP contribution is -2.26. The summed E-state index contributed by atoms with van der Waals surface area (Å²) in [5.41, 5.74) is 3.36. The van der Waals surface area contributed by atoms with Crippen LogP contribution in [0.2, 0.25) is 0 Å². The Balaban J connectivity index is 2.39. The summed E-state index contributed by atoms with van der Waals surface area (Å²) in [7, 11) is 0. The van der Waals surface area contributed by atoms with Gasteiger partial charge in [0.15, 0.2) is 0 Å². The van der Waals surface area contributed by atoms with Gasteiger partial charge < -0.3 is 4.90 Å². The van der Waals surface area contributed by atoms with Crippen molar-refractivity contribution in [3.05, 3.63) is 29.3 Å². The predicted molar refractivity (Wildman–Crippen MR) is 60.7 cm³/mol. The molecule has 15 heavy (non-hydrogen) atoms. The van der Waals surface area contributed by atoms with Crippen molar-refractivity contribution in [2.24, 2.45) is 0 Å². The fourth-order valence-electron chi connectivity index (χ4n) is 1.92. The standard InChI is InChI=1S/C13H13NO/c1-3-7-14-12-6-5-10(4-2)8-11(12)9-13(14)15/h1,5-6,8H,4,7,9H2,2H3. The van der Waals surface area contributed by atoms with Gasteiger partial charge in [0.25, 0.3) is 0 Å². The number of benzene rings is 1. The van der Waals surface area contributed by atoms with Crippen LogP contribution in [0.1, 0.15) is 18.1 Å². The number of nitrogens with zero attached hydrogens (tertiary/aromatic N) is 1. The third-order valence-corrected chi connectivity index (χ3v) is 2.74. The van der Waals surface area contributed by atoms with Gasteiger partial charge >= 0.3 is 0 Å². The Hall–Kier alpha value is -1.75. The van der Waals surface area contributed by atoms with Crippen LogP contribution in [0.25, 0.3) is 0 Å². The molecule has 0 saturated carbocycles. The maximum atomic E-state index is 11.7. The van der Waals surface area contributed by atoms with E-state index in [1.165, 1.54) is 5.56 Å². The molecule has 0 radical (unpaired) electrons. The topological polar surface area (TPSA) is 20.3 Å². The minimum absolute atomic E-state index is 0.108. The van der Waals surface area contributed by atoms with Crippen LogP contribution >= 0.6 is 0 Å². The fraction of sp³-hybridized carbons (Fsp3) is 0.308. The first-order valence-electron chi connectivity index (χ1n) is 5.12. The number of amides is 1. The highest BCUT2D eigenvalue weighted by Gasteiger charge is 2.26. The van der Waals surface area contributed by atoms with Crippen LogP contribution < -0.4 is 4.90 Å². The number of terminal acetylenes is 1. The lowest BCUT2D eigenvalue weighted by Gasteiger charge is -2.13. The molecular weight excluding hydrogens is 186 g/mol. The van der Waals surface area contributed by atoms with Gasteiger partial charge in [-0.25, -0.2) is 0 Å². The molecule has 2 nitrogen and oxygen atoms in total. The summed E-state index contributed by atoms with van der Waals surface area (Å²) in [5, 5.41) is 0. The van der Waals surface area contributed by atoms with Crippen LogP contribution in [0.3, 0.4) is 0 Å². The Morgan fingerprint density at radius 1 is 1.53 bits per heavy atom. The van der Waals surface area contributed by atoms with E-state index in [2.05, 4.69) is 25.0 Å². The molecule has 1 aromatic rings. The van der Waals surface area contributed by atoms with Gasteiger partial charge in [0.05, 0.1) is 13.0 Å². The molecule has 1 aliphatic rings. The van der Waals surface area contributed by atoms with Crippen molar-refractivity contribution in [2.45, 2.75) is 19.8 Å². The molecule has 0 fully saturated rings. The minimum atomic E-state index is 0.108. The van der Waals surface area contributed by atoms with Gasteiger partial charge in [0, 0.05) is 5.69 Å². The zero-order chi connectivity index (χ0) is 10.8. The number of hydrogen-bond donors (Lipinski definition) is 0. The lowest BCUT2D eigenvalue weighted by molar-refractivity contribution is -0.117. The Labute approximate surface area is 89.9 Å². The molecule has 76 valence electrons. The first-order valence-corrected chi connectivity index (χ1v) is 5.12. The Morgan fingerprint density at radius 3 is 3.00 bits per heavy atom. The van der Waals surface area contributed by atoms with E-state index in [0.29, 0.717) is 13.0 Å². The van der Waals surface area contributed by atoms with E-state index in [0.717, 1.165) is 17.7 Å². The summed E-state index contributed by atoms with van der Waals surface area (Å²) in [4.78, 5) is 13.3. The number of carbonyl (C=O) groups is 1. The molecule has 0 spiro atoms. The van der Waals surface area contributed by atoms with E-state index in [4.69, 9.17) is 6.42 Å². The van der Waals surface area contributed by atoms with Crippen molar-refractivity contribution >= 4 is 11.6 Å². The molecule has 0 unspecified atom stereocenters. The molecule has 0 aliphatic carbocycles. The normalized spacial score (nSPS) is 13.9. The fourth-order valence-corrected chi connectivity index (χ4v) is 1.92. The summed E-state index contributed by atoms with van der Waals surface area (Å²) >= 11 is 0. The lowest BCUT2D eigenvalue weighted by atomic mass is 10.1. The highest BCUT2D eigenvalue weighted by atomic mass is 16.2. The number of fused-ring (bicyclic) bond motifs is 1. The van der Waals surface area contributed by atoms with Gasteiger partial charge in [-0.3, -0.25) is 4.79 Å². The number of rotatable bonds is 2. The molecule has 1 aromatic carbocycles. The molecule has 0 N–H and O–H groups in total. The first kappa shape index (κ1) is 9.79. The van der Waals surface area contributed by atoms with Gasteiger partial charge in [-0.15, -0.1) is 6.42 Å². The minimum Gasteiger partial charge on any atom is -0.300 e. The second-order valence-electron chi connectivity index (χ2n) is 3.68. The first-order chi connectivity index (χ1) is 7.26. The number of carbonyl (C=O) groups excluding carboxylic acids is 1. The second-order valence-corrected chi connectivity index (χ2v) is 3.68. The van der Waals surface area contributed by atoms with Crippen LogP contribution in [0.5, 0.6) is 0 Å². The molecule has 0 aromatic heterocycles.